The smallest absolute Gasteiger partial charge is 0.352 e. The molecule has 2 aromatic rings. The Bertz CT molecular complexity index is 711. The number of hydrogen-bond acceptors (Lipinski definition) is 4. The van der Waals surface area contributed by atoms with Gasteiger partial charge in [-0.25, -0.2) is 0 Å². The number of tetrazole rings is 1. The number of nitrogens with zero attached hydrogens (tertiary/aromatic N) is 4. The molecule has 130 valence electrons. The SMILES string of the molecule is CC(C)C(C)NC(=O)Cn1nnc(-c2cccc(C(F)(F)F)c2)n1. The Morgan fingerprint density at radius 1 is 1.29 bits per heavy atom. The third-order valence-corrected chi connectivity index (χ3v) is 3.57. The van der Waals surface area contributed by atoms with Gasteiger partial charge in [0.15, 0.2) is 0 Å². The summed E-state index contributed by atoms with van der Waals surface area (Å²) in [6, 6.07) is 4.63. The molecule has 0 saturated heterocycles. The number of hydrogen-bond donors (Lipinski definition) is 1. The first kappa shape index (κ1) is 17.9. The summed E-state index contributed by atoms with van der Waals surface area (Å²) in [6.45, 7) is 5.68. The van der Waals surface area contributed by atoms with Crippen LogP contribution in [0.25, 0.3) is 11.4 Å². The zero-order chi connectivity index (χ0) is 17.9. The van der Waals surface area contributed by atoms with Crippen LogP contribution in [0.4, 0.5) is 13.2 Å². The minimum Gasteiger partial charge on any atom is -0.352 e. The largest absolute Gasteiger partial charge is 0.416 e. The van der Waals surface area contributed by atoms with Crippen LogP contribution in [-0.2, 0) is 17.5 Å². The highest BCUT2D eigenvalue weighted by atomic mass is 19.4. The van der Waals surface area contributed by atoms with Crippen molar-refractivity contribution in [2.24, 2.45) is 5.92 Å². The summed E-state index contributed by atoms with van der Waals surface area (Å²) in [5.74, 6) is 0.0216. The van der Waals surface area contributed by atoms with Crippen molar-refractivity contribution < 1.29 is 18.0 Å². The molecule has 0 spiro atoms. The fraction of sp³-hybridized carbons (Fsp3) is 0.467. The quantitative estimate of drug-likeness (QED) is 0.907. The molecule has 0 radical (unpaired) electrons. The van der Waals surface area contributed by atoms with E-state index in [1.165, 1.54) is 12.1 Å². The number of aromatic nitrogens is 4. The van der Waals surface area contributed by atoms with Gasteiger partial charge in [-0.1, -0.05) is 26.0 Å². The molecule has 2 rings (SSSR count). The summed E-state index contributed by atoms with van der Waals surface area (Å²) >= 11 is 0. The molecular formula is C15H18F3N5O. The van der Waals surface area contributed by atoms with E-state index in [2.05, 4.69) is 20.7 Å². The second-order valence-corrected chi connectivity index (χ2v) is 5.82. The summed E-state index contributed by atoms with van der Waals surface area (Å²) in [5.41, 5.74) is -0.605. The van der Waals surface area contributed by atoms with E-state index in [9.17, 15) is 18.0 Å². The van der Waals surface area contributed by atoms with Crippen molar-refractivity contribution >= 4 is 5.91 Å². The van der Waals surface area contributed by atoms with E-state index in [1.54, 1.807) is 0 Å². The normalized spacial score (nSPS) is 13.1. The van der Waals surface area contributed by atoms with Gasteiger partial charge < -0.3 is 5.32 Å². The number of halogens is 3. The minimum absolute atomic E-state index is 0.0102. The lowest BCUT2D eigenvalue weighted by atomic mass is 10.1. The van der Waals surface area contributed by atoms with Crippen LogP contribution < -0.4 is 5.32 Å². The van der Waals surface area contributed by atoms with Gasteiger partial charge in [0.1, 0.15) is 6.54 Å². The Balaban J connectivity index is 2.10. The number of amides is 1. The minimum atomic E-state index is -4.45. The van der Waals surface area contributed by atoms with Crippen molar-refractivity contribution in [1.82, 2.24) is 25.5 Å². The van der Waals surface area contributed by atoms with Crippen molar-refractivity contribution in [3.05, 3.63) is 29.8 Å². The number of alkyl halides is 3. The zero-order valence-corrected chi connectivity index (χ0v) is 13.5. The third kappa shape index (κ3) is 4.53. The van der Waals surface area contributed by atoms with Crippen LogP contribution in [0.15, 0.2) is 24.3 Å². The number of carbonyl (C=O) groups excluding carboxylic acids is 1. The van der Waals surface area contributed by atoms with Crippen LogP contribution in [0.5, 0.6) is 0 Å². The van der Waals surface area contributed by atoms with E-state index in [-0.39, 0.29) is 35.8 Å². The highest BCUT2D eigenvalue weighted by Crippen LogP contribution is 2.31. The van der Waals surface area contributed by atoms with Gasteiger partial charge in [0.05, 0.1) is 5.56 Å². The number of rotatable bonds is 5. The summed E-state index contributed by atoms with van der Waals surface area (Å²) in [6.07, 6.45) is -4.45. The molecule has 9 heteroatoms. The molecule has 24 heavy (non-hydrogen) atoms. The average molecular weight is 341 g/mol. The Labute approximate surface area is 137 Å². The standard InChI is InChI=1S/C15H18F3N5O/c1-9(2)10(3)19-13(24)8-23-21-14(20-22-23)11-5-4-6-12(7-11)15(16,17)18/h4-7,9-10H,8H2,1-3H3,(H,19,24). The fourth-order valence-electron chi connectivity index (χ4n) is 1.86. The first-order chi connectivity index (χ1) is 11.2. The Morgan fingerprint density at radius 3 is 2.62 bits per heavy atom. The molecule has 0 saturated carbocycles. The first-order valence-electron chi connectivity index (χ1n) is 7.41. The topological polar surface area (TPSA) is 72.7 Å². The van der Waals surface area contributed by atoms with Crippen LogP contribution in [0.3, 0.4) is 0 Å². The maximum atomic E-state index is 12.7. The van der Waals surface area contributed by atoms with Crippen LogP contribution >= 0.6 is 0 Å². The van der Waals surface area contributed by atoms with Crippen LogP contribution in [0.1, 0.15) is 26.3 Å². The van der Waals surface area contributed by atoms with E-state index in [1.807, 2.05) is 20.8 Å². The summed E-state index contributed by atoms with van der Waals surface area (Å²) in [4.78, 5) is 12.9. The van der Waals surface area contributed by atoms with Crippen LogP contribution in [0, 0.1) is 5.92 Å². The Kier molecular flexibility index (Phi) is 5.20. The molecule has 1 aromatic carbocycles. The van der Waals surface area contributed by atoms with E-state index >= 15 is 0 Å². The monoisotopic (exact) mass is 341 g/mol. The highest BCUT2D eigenvalue weighted by molar-refractivity contribution is 5.75. The molecule has 1 unspecified atom stereocenters. The van der Waals surface area contributed by atoms with E-state index in [0.717, 1.165) is 16.9 Å². The Morgan fingerprint density at radius 2 is 2.00 bits per heavy atom. The predicted molar refractivity (Wildman–Crippen MR) is 80.7 cm³/mol. The van der Waals surface area contributed by atoms with Gasteiger partial charge in [0, 0.05) is 11.6 Å². The summed E-state index contributed by atoms with van der Waals surface area (Å²) in [7, 11) is 0. The molecule has 1 atom stereocenters. The second-order valence-electron chi connectivity index (χ2n) is 5.82. The fourth-order valence-corrected chi connectivity index (χ4v) is 1.86. The van der Waals surface area contributed by atoms with Crippen molar-refractivity contribution in [3.8, 4) is 11.4 Å². The van der Waals surface area contributed by atoms with Crippen molar-refractivity contribution in [3.63, 3.8) is 0 Å². The van der Waals surface area contributed by atoms with E-state index in [0.29, 0.717) is 0 Å². The molecule has 1 heterocycles. The molecule has 0 fully saturated rings. The molecule has 6 nitrogen and oxygen atoms in total. The van der Waals surface area contributed by atoms with E-state index < -0.39 is 11.7 Å². The van der Waals surface area contributed by atoms with Gasteiger partial charge in [0.2, 0.25) is 11.7 Å². The second kappa shape index (κ2) is 6.98. The van der Waals surface area contributed by atoms with Crippen molar-refractivity contribution in [1.29, 1.82) is 0 Å². The lowest BCUT2D eigenvalue weighted by Crippen LogP contribution is -2.38. The van der Waals surface area contributed by atoms with Gasteiger partial charge >= 0.3 is 6.18 Å². The maximum Gasteiger partial charge on any atom is 0.416 e. The number of carbonyl (C=O) groups is 1. The van der Waals surface area contributed by atoms with Crippen LogP contribution in [-0.4, -0.2) is 32.2 Å². The highest BCUT2D eigenvalue weighted by Gasteiger charge is 2.30. The molecular weight excluding hydrogens is 323 g/mol. The zero-order valence-electron chi connectivity index (χ0n) is 13.5. The van der Waals surface area contributed by atoms with E-state index in [4.69, 9.17) is 0 Å². The van der Waals surface area contributed by atoms with Gasteiger partial charge in [-0.2, -0.15) is 18.0 Å². The Hall–Kier alpha value is -2.45. The molecule has 1 N–H and O–H groups in total. The van der Waals surface area contributed by atoms with Gasteiger partial charge in [0.25, 0.3) is 0 Å². The molecule has 0 aliphatic carbocycles. The number of nitrogens with one attached hydrogen (secondary N) is 1. The first-order valence-corrected chi connectivity index (χ1v) is 7.41. The van der Waals surface area contributed by atoms with Crippen molar-refractivity contribution in [2.45, 2.75) is 39.5 Å². The molecule has 1 amide bonds. The molecule has 0 bridgehead atoms. The predicted octanol–water partition coefficient (Wildman–Crippen LogP) is 2.52. The molecule has 0 aliphatic rings. The summed E-state index contributed by atoms with van der Waals surface area (Å²) < 4.78 is 38.2. The average Bonchev–Trinajstić information content (AvgIpc) is 2.94. The number of benzene rings is 1. The maximum absolute atomic E-state index is 12.7. The van der Waals surface area contributed by atoms with Gasteiger partial charge in [-0.05, 0) is 30.2 Å². The van der Waals surface area contributed by atoms with Crippen molar-refractivity contribution in [2.75, 3.05) is 0 Å². The molecule has 1 aromatic heterocycles. The van der Waals surface area contributed by atoms with Crippen LogP contribution in [0.2, 0.25) is 0 Å². The molecule has 0 aliphatic heterocycles. The lowest BCUT2D eigenvalue weighted by molar-refractivity contribution is -0.137. The summed E-state index contributed by atoms with van der Waals surface area (Å²) in [5, 5.41) is 14.2. The van der Waals surface area contributed by atoms with Gasteiger partial charge in [-0.3, -0.25) is 4.79 Å². The van der Waals surface area contributed by atoms with Gasteiger partial charge in [-0.15, -0.1) is 10.2 Å². The third-order valence-electron chi connectivity index (χ3n) is 3.57. The lowest BCUT2D eigenvalue weighted by Gasteiger charge is -2.16.